The van der Waals surface area contributed by atoms with Crippen molar-refractivity contribution in [1.29, 1.82) is 0 Å². The number of rotatable bonds is 10. The summed E-state index contributed by atoms with van der Waals surface area (Å²) in [5, 5.41) is 19.8. The number of ether oxygens (including phenoxy) is 2. The Kier molecular flexibility index (Phi) is 8.73. The van der Waals surface area contributed by atoms with Crippen molar-refractivity contribution in [3.05, 3.63) is 12.7 Å². The molecule has 5 atom stereocenters. The largest absolute Gasteiger partial charge is 0.414 e. The SMILES string of the molecule is C=C[C@H](N)CO[C@@H]1C[C@@H]([C@@H](O)CO[Si](C)(C)C(C)(C)C)O[C@@H]1CCO. The van der Waals surface area contributed by atoms with Gasteiger partial charge in [-0.15, -0.1) is 6.58 Å². The van der Waals surface area contributed by atoms with Crippen molar-refractivity contribution in [2.45, 2.75) is 82.2 Å². The van der Waals surface area contributed by atoms with Gasteiger partial charge in [0, 0.05) is 19.1 Å². The normalized spacial score (nSPS) is 27.3. The first-order valence-electron chi connectivity index (χ1n) is 9.10. The summed E-state index contributed by atoms with van der Waals surface area (Å²) in [6.07, 6.45) is 1.18. The molecule has 0 saturated carbocycles. The number of hydrogen-bond acceptors (Lipinski definition) is 6. The summed E-state index contributed by atoms with van der Waals surface area (Å²) >= 11 is 0. The predicted octanol–water partition coefficient (Wildman–Crippen LogP) is 1.81. The Morgan fingerprint density at radius 1 is 1.36 bits per heavy atom. The van der Waals surface area contributed by atoms with E-state index in [0.717, 1.165) is 0 Å². The zero-order valence-corrected chi connectivity index (χ0v) is 17.4. The van der Waals surface area contributed by atoms with E-state index in [2.05, 4.69) is 40.4 Å². The number of nitrogens with two attached hydrogens (primary N) is 1. The highest BCUT2D eigenvalue weighted by Gasteiger charge is 2.41. The molecule has 1 aliphatic rings. The lowest BCUT2D eigenvalue weighted by molar-refractivity contribution is -0.0707. The Morgan fingerprint density at radius 3 is 2.52 bits per heavy atom. The highest BCUT2D eigenvalue weighted by Crippen LogP contribution is 2.37. The van der Waals surface area contributed by atoms with Crippen molar-refractivity contribution in [2.24, 2.45) is 5.73 Å². The summed E-state index contributed by atoms with van der Waals surface area (Å²) in [5.41, 5.74) is 5.80. The van der Waals surface area contributed by atoms with Crippen LogP contribution < -0.4 is 5.73 Å². The Labute approximate surface area is 153 Å². The van der Waals surface area contributed by atoms with Gasteiger partial charge in [0.25, 0.3) is 0 Å². The minimum absolute atomic E-state index is 0.0152. The molecule has 0 unspecified atom stereocenters. The van der Waals surface area contributed by atoms with Crippen molar-refractivity contribution in [1.82, 2.24) is 0 Å². The Morgan fingerprint density at radius 2 is 2.00 bits per heavy atom. The van der Waals surface area contributed by atoms with E-state index >= 15 is 0 Å². The monoisotopic (exact) mass is 375 g/mol. The van der Waals surface area contributed by atoms with Gasteiger partial charge in [0.1, 0.15) is 6.10 Å². The zero-order chi connectivity index (χ0) is 19.3. The van der Waals surface area contributed by atoms with Gasteiger partial charge in [0.15, 0.2) is 8.32 Å². The first-order valence-corrected chi connectivity index (χ1v) is 12.0. The van der Waals surface area contributed by atoms with Crippen LogP contribution >= 0.6 is 0 Å². The van der Waals surface area contributed by atoms with Crippen LogP contribution in [0.4, 0.5) is 0 Å². The van der Waals surface area contributed by atoms with Crippen LogP contribution in [0.2, 0.25) is 18.1 Å². The minimum atomic E-state index is -1.92. The van der Waals surface area contributed by atoms with Gasteiger partial charge in [-0.1, -0.05) is 26.8 Å². The molecule has 1 heterocycles. The van der Waals surface area contributed by atoms with Crippen LogP contribution in [0.3, 0.4) is 0 Å². The summed E-state index contributed by atoms with van der Waals surface area (Å²) < 4.78 is 17.9. The average Bonchev–Trinajstić information content (AvgIpc) is 2.92. The Balaban J connectivity index is 2.58. The lowest BCUT2D eigenvalue weighted by atomic mass is 10.1. The molecule has 0 aromatic rings. The van der Waals surface area contributed by atoms with Crippen LogP contribution in [0, 0.1) is 0 Å². The quantitative estimate of drug-likeness (QED) is 0.398. The zero-order valence-electron chi connectivity index (χ0n) is 16.4. The van der Waals surface area contributed by atoms with E-state index in [9.17, 15) is 10.2 Å². The van der Waals surface area contributed by atoms with E-state index in [1.807, 2.05) is 0 Å². The first-order chi connectivity index (χ1) is 11.5. The molecular formula is C18H37NO5Si. The molecule has 0 radical (unpaired) electrons. The van der Waals surface area contributed by atoms with E-state index in [-0.39, 0.29) is 42.6 Å². The third-order valence-corrected chi connectivity index (χ3v) is 9.80. The molecule has 1 saturated heterocycles. The van der Waals surface area contributed by atoms with Crippen molar-refractivity contribution in [3.63, 3.8) is 0 Å². The average molecular weight is 376 g/mol. The molecule has 148 valence electrons. The molecule has 1 aliphatic heterocycles. The van der Waals surface area contributed by atoms with Gasteiger partial charge >= 0.3 is 0 Å². The molecule has 25 heavy (non-hydrogen) atoms. The molecule has 0 aromatic heterocycles. The maximum Gasteiger partial charge on any atom is 0.192 e. The van der Waals surface area contributed by atoms with E-state index in [1.54, 1.807) is 6.08 Å². The molecule has 1 fully saturated rings. The fraction of sp³-hybridized carbons (Fsp3) is 0.889. The fourth-order valence-electron chi connectivity index (χ4n) is 2.47. The Hall–Kier alpha value is -0.283. The van der Waals surface area contributed by atoms with Gasteiger partial charge in [-0.25, -0.2) is 0 Å². The standard InChI is InChI=1S/C18H37NO5Si/c1-7-13(19)11-22-17-10-16(24-15(17)8-9-20)14(21)12-23-25(5,6)18(2,3)4/h7,13-17,20-21H,1,8-12,19H2,2-6H3/t13-,14-,15+,16-,17+/m0/s1. The summed E-state index contributed by atoms with van der Waals surface area (Å²) in [4.78, 5) is 0. The highest BCUT2D eigenvalue weighted by atomic mass is 28.4. The van der Waals surface area contributed by atoms with Crippen molar-refractivity contribution < 1.29 is 24.1 Å². The number of aliphatic hydroxyl groups is 2. The van der Waals surface area contributed by atoms with Gasteiger partial charge in [0.05, 0.1) is 31.5 Å². The van der Waals surface area contributed by atoms with Crippen molar-refractivity contribution in [3.8, 4) is 0 Å². The van der Waals surface area contributed by atoms with Gasteiger partial charge in [0.2, 0.25) is 0 Å². The maximum atomic E-state index is 10.5. The summed E-state index contributed by atoms with van der Waals surface area (Å²) in [6, 6.07) is -0.235. The molecule has 0 bridgehead atoms. The lowest BCUT2D eigenvalue weighted by Gasteiger charge is -2.37. The summed E-state index contributed by atoms with van der Waals surface area (Å²) in [7, 11) is -1.92. The molecule has 0 amide bonds. The molecule has 1 rings (SSSR count). The van der Waals surface area contributed by atoms with Crippen LogP contribution in [0.25, 0.3) is 0 Å². The van der Waals surface area contributed by atoms with Crippen LogP contribution in [-0.2, 0) is 13.9 Å². The second-order valence-electron chi connectivity index (χ2n) is 8.37. The van der Waals surface area contributed by atoms with Crippen LogP contribution in [0.5, 0.6) is 0 Å². The molecule has 0 aliphatic carbocycles. The number of hydrogen-bond donors (Lipinski definition) is 3. The molecule has 7 heteroatoms. The maximum absolute atomic E-state index is 10.5. The fourth-order valence-corrected chi connectivity index (χ4v) is 3.49. The van der Waals surface area contributed by atoms with E-state index in [0.29, 0.717) is 19.4 Å². The van der Waals surface area contributed by atoms with Crippen LogP contribution in [-0.4, -0.2) is 68.8 Å². The minimum Gasteiger partial charge on any atom is -0.414 e. The van der Waals surface area contributed by atoms with Gasteiger partial charge in [-0.05, 0) is 24.6 Å². The van der Waals surface area contributed by atoms with Crippen LogP contribution in [0.1, 0.15) is 33.6 Å². The third kappa shape index (κ3) is 6.75. The smallest absolute Gasteiger partial charge is 0.192 e. The highest BCUT2D eigenvalue weighted by molar-refractivity contribution is 6.74. The second kappa shape index (κ2) is 9.59. The topological polar surface area (TPSA) is 94.2 Å². The summed E-state index contributed by atoms with van der Waals surface area (Å²) in [6.45, 7) is 15.1. The van der Waals surface area contributed by atoms with Crippen LogP contribution in [0.15, 0.2) is 12.7 Å². The predicted molar refractivity (Wildman–Crippen MR) is 102 cm³/mol. The molecule has 6 nitrogen and oxygen atoms in total. The van der Waals surface area contributed by atoms with E-state index < -0.39 is 14.4 Å². The second-order valence-corrected chi connectivity index (χ2v) is 13.2. The first kappa shape index (κ1) is 22.8. The van der Waals surface area contributed by atoms with Crippen molar-refractivity contribution in [2.75, 3.05) is 19.8 Å². The lowest BCUT2D eigenvalue weighted by Crippen LogP contribution is -2.44. The van der Waals surface area contributed by atoms with Gasteiger partial charge in [-0.3, -0.25) is 0 Å². The van der Waals surface area contributed by atoms with Gasteiger partial charge in [-0.2, -0.15) is 0 Å². The third-order valence-electron chi connectivity index (χ3n) is 5.30. The summed E-state index contributed by atoms with van der Waals surface area (Å²) in [5.74, 6) is 0. The molecule has 0 spiro atoms. The van der Waals surface area contributed by atoms with E-state index in [4.69, 9.17) is 19.6 Å². The van der Waals surface area contributed by atoms with Crippen molar-refractivity contribution >= 4 is 8.32 Å². The molecule has 4 N–H and O–H groups in total. The molecule has 0 aromatic carbocycles. The Bertz CT molecular complexity index is 413. The van der Waals surface area contributed by atoms with Gasteiger partial charge < -0.3 is 29.8 Å². The van der Waals surface area contributed by atoms with E-state index in [1.165, 1.54) is 0 Å². The molecular weight excluding hydrogens is 338 g/mol. The number of aliphatic hydroxyl groups excluding tert-OH is 2.